The Hall–Kier alpha value is -1.34. The van der Waals surface area contributed by atoms with Crippen molar-refractivity contribution < 1.29 is 5.11 Å². The van der Waals surface area contributed by atoms with Crippen molar-refractivity contribution in [2.24, 2.45) is 5.73 Å². The van der Waals surface area contributed by atoms with E-state index in [2.05, 4.69) is 28.9 Å². The Kier molecular flexibility index (Phi) is 6.07. The van der Waals surface area contributed by atoms with Crippen molar-refractivity contribution >= 4 is 0 Å². The first-order valence-corrected chi connectivity index (χ1v) is 7.46. The fourth-order valence-corrected chi connectivity index (χ4v) is 2.73. The second-order valence-corrected chi connectivity index (χ2v) is 5.36. The van der Waals surface area contributed by atoms with Crippen molar-refractivity contribution in [1.29, 1.82) is 0 Å². The van der Waals surface area contributed by atoms with Gasteiger partial charge in [-0.15, -0.1) is 0 Å². The van der Waals surface area contributed by atoms with E-state index in [0.29, 0.717) is 12.6 Å². The Labute approximate surface area is 121 Å². The van der Waals surface area contributed by atoms with Crippen LogP contribution in [0, 0.1) is 11.8 Å². The predicted octanol–water partition coefficient (Wildman–Crippen LogP) is 1.73. The van der Waals surface area contributed by atoms with Crippen molar-refractivity contribution in [2.75, 3.05) is 19.7 Å². The topological polar surface area (TPSA) is 49.5 Å². The monoisotopic (exact) mass is 272 g/mol. The van der Waals surface area contributed by atoms with E-state index in [0.717, 1.165) is 25.1 Å². The molecule has 0 amide bonds. The minimum Gasteiger partial charge on any atom is -0.395 e. The average Bonchev–Trinajstić information content (AvgIpc) is 2.71. The van der Waals surface area contributed by atoms with Crippen LogP contribution in [0.4, 0.5) is 0 Å². The normalized spacial score (nSPS) is 20.0. The Morgan fingerprint density at radius 2 is 2.00 bits per heavy atom. The second-order valence-electron chi connectivity index (χ2n) is 5.36. The summed E-state index contributed by atoms with van der Waals surface area (Å²) in [7, 11) is 0. The molecule has 1 unspecified atom stereocenters. The van der Waals surface area contributed by atoms with Gasteiger partial charge in [0, 0.05) is 18.2 Å². The van der Waals surface area contributed by atoms with Crippen molar-refractivity contribution in [3.05, 3.63) is 35.4 Å². The molecule has 3 N–H and O–H groups in total. The summed E-state index contributed by atoms with van der Waals surface area (Å²) in [5, 5.41) is 9.53. The van der Waals surface area contributed by atoms with E-state index < -0.39 is 0 Å². The maximum Gasteiger partial charge on any atom is 0.0586 e. The molecule has 108 valence electrons. The molecule has 0 aliphatic carbocycles. The highest BCUT2D eigenvalue weighted by molar-refractivity contribution is 5.36. The zero-order chi connectivity index (χ0) is 14.2. The van der Waals surface area contributed by atoms with E-state index in [9.17, 15) is 5.11 Å². The molecular formula is C17H24N2O. The minimum atomic E-state index is 0.264. The molecule has 0 saturated carbocycles. The number of aliphatic hydroxyl groups is 1. The third-order valence-corrected chi connectivity index (χ3v) is 3.88. The van der Waals surface area contributed by atoms with Gasteiger partial charge in [0.1, 0.15) is 0 Å². The molecule has 0 aromatic heterocycles. The van der Waals surface area contributed by atoms with Gasteiger partial charge in [-0.1, -0.05) is 36.8 Å². The van der Waals surface area contributed by atoms with Gasteiger partial charge in [0.15, 0.2) is 0 Å². The third-order valence-electron chi connectivity index (χ3n) is 3.88. The van der Waals surface area contributed by atoms with Gasteiger partial charge in [-0.2, -0.15) is 0 Å². The van der Waals surface area contributed by atoms with Crippen LogP contribution in [0.5, 0.6) is 0 Å². The summed E-state index contributed by atoms with van der Waals surface area (Å²) in [6.07, 6.45) is 4.85. The van der Waals surface area contributed by atoms with Crippen LogP contribution < -0.4 is 5.73 Å². The fraction of sp³-hybridized carbons (Fsp3) is 0.529. The van der Waals surface area contributed by atoms with Crippen LogP contribution in [0.1, 0.15) is 36.8 Å². The Bertz CT molecular complexity index is 458. The van der Waals surface area contributed by atoms with E-state index in [-0.39, 0.29) is 6.61 Å². The summed E-state index contributed by atoms with van der Waals surface area (Å²) in [6.45, 7) is 2.66. The molecule has 1 aromatic rings. The van der Waals surface area contributed by atoms with E-state index >= 15 is 0 Å². The van der Waals surface area contributed by atoms with Crippen LogP contribution in [0.25, 0.3) is 0 Å². The SMILES string of the molecule is NCC#Cc1ccc(CN2CCCCCC2CO)cc1. The molecule has 0 spiro atoms. The van der Waals surface area contributed by atoms with E-state index in [1.54, 1.807) is 0 Å². The highest BCUT2D eigenvalue weighted by Gasteiger charge is 2.19. The van der Waals surface area contributed by atoms with Gasteiger partial charge >= 0.3 is 0 Å². The van der Waals surface area contributed by atoms with Crippen LogP contribution in [-0.2, 0) is 6.54 Å². The predicted molar refractivity (Wildman–Crippen MR) is 82.1 cm³/mol. The first-order chi connectivity index (χ1) is 9.83. The van der Waals surface area contributed by atoms with Crippen molar-refractivity contribution in [1.82, 2.24) is 4.90 Å². The average molecular weight is 272 g/mol. The molecule has 1 saturated heterocycles. The van der Waals surface area contributed by atoms with Gasteiger partial charge in [0.05, 0.1) is 13.2 Å². The third kappa shape index (κ3) is 4.35. The summed E-state index contributed by atoms with van der Waals surface area (Å²) in [6, 6.07) is 8.65. The highest BCUT2D eigenvalue weighted by atomic mass is 16.3. The maximum absolute atomic E-state index is 9.53. The number of aliphatic hydroxyl groups excluding tert-OH is 1. The maximum atomic E-state index is 9.53. The minimum absolute atomic E-state index is 0.264. The van der Waals surface area contributed by atoms with Crippen molar-refractivity contribution in [2.45, 2.75) is 38.3 Å². The highest BCUT2D eigenvalue weighted by Crippen LogP contribution is 2.19. The largest absolute Gasteiger partial charge is 0.395 e. The number of nitrogens with two attached hydrogens (primary N) is 1. The molecule has 1 atom stereocenters. The molecule has 1 aliphatic rings. The van der Waals surface area contributed by atoms with Crippen LogP contribution in [0.3, 0.4) is 0 Å². The molecule has 0 radical (unpaired) electrons. The molecule has 3 heteroatoms. The number of hydrogen-bond donors (Lipinski definition) is 2. The summed E-state index contributed by atoms with van der Waals surface area (Å²) < 4.78 is 0. The van der Waals surface area contributed by atoms with Gasteiger partial charge in [0.2, 0.25) is 0 Å². The van der Waals surface area contributed by atoms with E-state index in [4.69, 9.17) is 5.73 Å². The molecule has 1 aliphatic heterocycles. The summed E-state index contributed by atoms with van der Waals surface area (Å²) >= 11 is 0. The zero-order valence-electron chi connectivity index (χ0n) is 12.0. The van der Waals surface area contributed by atoms with Crippen LogP contribution in [0.15, 0.2) is 24.3 Å². The standard InChI is InChI=1S/C17H24N2O/c18-11-4-5-15-7-9-16(10-8-15)13-19-12-3-1-2-6-17(19)14-20/h7-10,17,20H,1-3,6,11-14,18H2. The zero-order valence-corrected chi connectivity index (χ0v) is 12.0. The number of rotatable bonds is 3. The lowest BCUT2D eigenvalue weighted by Gasteiger charge is -2.28. The van der Waals surface area contributed by atoms with Gasteiger partial charge in [-0.25, -0.2) is 0 Å². The summed E-state index contributed by atoms with van der Waals surface area (Å²) in [5.41, 5.74) is 7.66. The van der Waals surface area contributed by atoms with Crippen LogP contribution in [-0.4, -0.2) is 35.7 Å². The lowest BCUT2D eigenvalue weighted by Crippen LogP contribution is -2.36. The van der Waals surface area contributed by atoms with Crippen molar-refractivity contribution in [3.8, 4) is 11.8 Å². The Morgan fingerprint density at radius 3 is 2.70 bits per heavy atom. The molecular weight excluding hydrogens is 248 g/mol. The summed E-state index contributed by atoms with van der Waals surface area (Å²) in [5.74, 6) is 5.90. The van der Waals surface area contributed by atoms with E-state index in [1.807, 2.05) is 12.1 Å². The fourth-order valence-electron chi connectivity index (χ4n) is 2.73. The Morgan fingerprint density at radius 1 is 1.20 bits per heavy atom. The molecule has 3 nitrogen and oxygen atoms in total. The molecule has 1 heterocycles. The van der Waals surface area contributed by atoms with Gasteiger partial charge in [-0.3, -0.25) is 4.90 Å². The first-order valence-electron chi connectivity index (χ1n) is 7.46. The lowest BCUT2D eigenvalue weighted by atomic mass is 10.1. The molecule has 0 bridgehead atoms. The van der Waals surface area contributed by atoms with Gasteiger partial charge in [0.25, 0.3) is 0 Å². The molecule has 2 rings (SSSR count). The van der Waals surface area contributed by atoms with Crippen LogP contribution >= 0.6 is 0 Å². The Balaban J connectivity index is 2.00. The molecule has 1 fully saturated rings. The number of benzene rings is 1. The lowest BCUT2D eigenvalue weighted by molar-refractivity contribution is 0.118. The van der Waals surface area contributed by atoms with Crippen LogP contribution in [0.2, 0.25) is 0 Å². The first kappa shape index (κ1) is 15.1. The van der Waals surface area contributed by atoms with Gasteiger partial charge < -0.3 is 10.8 Å². The quantitative estimate of drug-likeness (QED) is 0.824. The summed E-state index contributed by atoms with van der Waals surface area (Å²) in [4.78, 5) is 2.41. The number of nitrogens with zero attached hydrogens (tertiary/aromatic N) is 1. The molecule has 20 heavy (non-hydrogen) atoms. The second kappa shape index (κ2) is 8.06. The van der Waals surface area contributed by atoms with Crippen molar-refractivity contribution in [3.63, 3.8) is 0 Å². The van der Waals surface area contributed by atoms with E-state index in [1.165, 1.54) is 24.8 Å². The number of likely N-dealkylation sites (tertiary alicyclic amines) is 1. The smallest absolute Gasteiger partial charge is 0.0586 e. The van der Waals surface area contributed by atoms with Gasteiger partial charge in [-0.05, 0) is 37.1 Å². The molecule has 1 aromatic carbocycles. The number of hydrogen-bond acceptors (Lipinski definition) is 3.